The van der Waals surface area contributed by atoms with Crippen molar-refractivity contribution in [3.8, 4) is 34.5 Å². The fourth-order valence-corrected chi connectivity index (χ4v) is 10.1. The van der Waals surface area contributed by atoms with Crippen LogP contribution in [0.1, 0.15) is 75.1 Å². The first kappa shape index (κ1) is 34.2. The van der Waals surface area contributed by atoms with Crippen molar-refractivity contribution in [2.24, 2.45) is 0 Å². The zero-order valence-electron chi connectivity index (χ0n) is 30.5. The van der Waals surface area contributed by atoms with Crippen molar-refractivity contribution >= 4 is 11.9 Å². The van der Waals surface area contributed by atoms with Crippen LogP contribution in [0.25, 0.3) is 0 Å². The molecule has 3 aromatic carbocycles. The SMILES string of the molecule is COc1c(C)cc2c(c1O)[C@@H]1[C@@H]3C4NCC5(NCCc6cc(O)c(C)cc65)C(=O)OC[C@@H](c5c6c(c(C)c(OC(C)=O)c54)OCO6)N3[C@@H](O)[C@H](C2)N1C. The smallest absolute Gasteiger partial charge is 0.332 e. The van der Waals surface area contributed by atoms with Crippen LogP contribution in [-0.2, 0) is 32.7 Å². The van der Waals surface area contributed by atoms with E-state index in [0.717, 1.165) is 16.7 Å². The summed E-state index contributed by atoms with van der Waals surface area (Å²) in [6.45, 7) is 7.09. The zero-order chi connectivity index (χ0) is 37.2. The second-order valence-electron chi connectivity index (χ2n) is 15.2. The second-order valence-corrected chi connectivity index (χ2v) is 15.2. The van der Waals surface area contributed by atoms with Gasteiger partial charge < -0.3 is 44.3 Å². The maximum atomic E-state index is 14.6. The Bertz CT molecular complexity index is 2110. The molecule has 1 spiro atoms. The van der Waals surface area contributed by atoms with Crippen molar-refractivity contribution in [3.63, 3.8) is 0 Å². The third-order valence-electron chi connectivity index (χ3n) is 12.4. The largest absolute Gasteiger partial charge is 0.508 e. The van der Waals surface area contributed by atoms with E-state index in [-0.39, 0.29) is 31.4 Å². The quantitative estimate of drug-likeness (QED) is 0.193. The number of aromatic hydroxyl groups is 2. The summed E-state index contributed by atoms with van der Waals surface area (Å²) in [4.78, 5) is 31.6. The van der Waals surface area contributed by atoms with Crippen LogP contribution in [0.4, 0.5) is 0 Å². The van der Waals surface area contributed by atoms with Gasteiger partial charge in [0.1, 0.15) is 24.3 Å². The molecule has 0 amide bonds. The molecule has 3 aromatic rings. The lowest BCUT2D eigenvalue weighted by molar-refractivity contribution is -0.195. The highest BCUT2D eigenvalue weighted by Crippen LogP contribution is 2.61. The van der Waals surface area contributed by atoms with E-state index < -0.39 is 53.9 Å². The molecule has 7 aliphatic rings. The van der Waals surface area contributed by atoms with Gasteiger partial charge in [-0.15, -0.1) is 0 Å². The molecular weight excluding hydrogens is 684 g/mol. The Labute approximate surface area is 306 Å². The van der Waals surface area contributed by atoms with Crippen LogP contribution in [-0.4, -0.2) is 96.0 Å². The second kappa shape index (κ2) is 12.0. The number of methoxy groups -OCH3 is 1. The maximum absolute atomic E-state index is 14.6. The summed E-state index contributed by atoms with van der Waals surface area (Å²) >= 11 is 0. The molecule has 53 heavy (non-hydrogen) atoms. The topological polar surface area (TPSA) is 172 Å². The predicted octanol–water partition coefficient (Wildman–Crippen LogP) is 2.57. The first-order valence-electron chi connectivity index (χ1n) is 18.1. The minimum Gasteiger partial charge on any atom is -0.508 e. The summed E-state index contributed by atoms with van der Waals surface area (Å²) in [5.74, 6) is 0.700. The van der Waals surface area contributed by atoms with Crippen LogP contribution >= 0.6 is 0 Å². The Hall–Kier alpha value is -4.60. The number of esters is 2. The van der Waals surface area contributed by atoms with Crippen molar-refractivity contribution in [2.45, 2.75) is 82.5 Å². The number of carbonyl (C=O) groups is 2. The lowest BCUT2D eigenvalue weighted by atomic mass is 9.70. The fraction of sp³-hybridized carbons (Fsp3) is 0.487. The molecule has 4 bridgehead atoms. The normalized spacial score (nSPS) is 29.8. The lowest BCUT2D eigenvalue weighted by Crippen LogP contribution is -2.72. The van der Waals surface area contributed by atoms with Gasteiger partial charge >= 0.3 is 11.9 Å². The van der Waals surface area contributed by atoms with E-state index in [9.17, 15) is 24.9 Å². The van der Waals surface area contributed by atoms with Crippen LogP contribution in [0.15, 0.2) is 18.2 Å². The first-order chi connectivity index (χ1) is 25.4. The van der Waals surface area contributed by atoms with Crippen LogP contribution < -0.4 is 29.6 Å². The van der Waals surface area contributed by atoms with Crippen molar-refractivity contribution in [3.05, 3.63) is 68.3 Å². The number of benzene rings is 3. The Morgan fingerprint density at radius 2 is 1.77 bits per heavy atom. The van der Waals surface area contributed by atoms with E-state index in [1.807, 2.05) is 37.9 Å². The summed E-state index contributed by atoms with van der Waals surface area (Å²) in [6, 6.07) is 2.54. The van der Waals surface area contributed by atoms with Crippen molar-refractivity contribution in [1.82, 2.24) is 20.4 Å². The minimum atomic E-state index is -1.35. The Morgan fingerprint density at radius 1 is 1.00 bits per heavy atom. The van der Waals surface area contributed by atoms with Gasteiger partial charge in [-0.05, 0) is 80.6 Å². The molecule has 7 heterocycles. The molecular formula is C39H44N4O10. The highest BCUT2D eigenvalue weighted by Gasteiger charge is 2.61. The number of fused-ring (bicyclic) bond motifs is 9. The molecule has 280 valence electrons. The van der Waals surface area contributed by atoms with Gasteiger partial charge in [-0.2, -0.15) is 0 Å². The molecule has 7 aliphatic heterocycles. The average Bonchev–Trinajstić information content (AvgIpc) is 3.61. The molecule has 7 atom stereocenters. The summed E-state index contributed by atoms with van der Waals surface area (Å²) in [5, 5.41) is 42.4. The van der Waals surface area contributed by atoms with Crippen LogP contribution in [0.2, 0.25) is 0 Å². The Morgan fingerprint density at radius 3 is 2.53 bits per heavy atom. The summed E-state index contributed by atoms with van der Waals surface area (Å²) < 4.78 is 30.3. The van der Waals surface area contributed by atoms with E-state index >= 15 is 0 Å². The maximum Gasteiger partial charge on any atom is 0.332 e. The number of phenols is 2. The summed E-state index contributed by atoms with van der Waals surface area (Å²) in [6.07, 6.45) is -0.00670. The highest BCUT2D eigenvalue weighted by molar-refractivity contribution is 5.85. The number of nitrogens with one attached hydrogen (secondary N) is 2. The number of hydrogen-bond donors (Lipinski definition) is 5. The standard InChI is InChI=1S/C39H44N4O10/c1-16-10-22-20(12-25(16)45)7-8-41-39(22)14-40-29-28-27(36-35(51-15-52-36)18(3)34(28)53-19(4)44)24(13-50-38(39)48)43-31(29)30-26-21(11-23(37(43)47)42(30)5)9-17(2)33(49-6)32(26)46/h9-10,12,23-24,29-31,37,40-41,45-47H,7-8,11,13-15H2,1-6H3/t23-,24-,29?,30+,31-,37-,39?/m0/s1. The summed E-state index contributed by atoms with van der Waals surface area (Å²) in [7, 11) is 3.48. The number of phenolic OH excluding ortho intramolecular Hbond substituents is 2. The van der Waals surface area contributed by atoms with Gasteiger partial charge in [0.25, 0.3) is 0 Å². The number of nitrogens with zero attached hydrogens (tertiary/aromatic N) is 2. The first-order valence-corrected chi connectivity index (χ1v) is 18.1. The lowest BCUT2D eigenvalue weighted by Gasteiger charge is -2.62. The monoisotopic (exact) mass is 728 g/mol. The van der Waals surface area contributed by atoms with Gasteiger partial charge in [0, 0.05) is 42.3 Å². The third kappa shape index (κ3) is 4.62. The molecule has 2 saturated heterocycles. The van der Waals surface area contributed by atoms with Gasteiger partial charge in [0.05, 0.1) is 37.3 Å². The number of hydrogen-bond acceptors (Lipinski definition) is 14. The number of aryl methyl sites for hydroxylation is 2. The van der Waals surface area contributed by atoms with Gasteiger partial charge in [-0.1, -0.05) is 6.07 Å². The number of aliphatic hydroxyl groups excluding tert-OH is 1. The van der Waals surface area contributed by atoms with E-state index in [1.54, 1.807) is 13.0 Å². The predicted molar refractivity (Wildman–Crippen MR) is 188 cm³/mol. The van der Waals surface area contributed by atoms with E-state index in [2.05, 4.69) is 15.5 Å². The van der Waals surface area contributed by atoms with Gasteiger partial charge in [-0.3, -0.25) is 19.9 Å². The number of ether oxygens (including phenoxy) is 5. The van der Waals surface area contributed by atoms with Gasteiger partial charge in [0.15, 0.2) is 28.5 Å². The average molecular weight is 729 g/mol. The number of likely N-dealkylation sites (N-methyl/N-ethyl adjacent to an activating group) is 1. The number of piperazine rings is 1. The zero-order valence-corrected chi connectivity index (χ0v) is 30.5. The van der Waals surface area contributed by atoms with Gasteiger partial charge in [-0.25, -0.2) is 4.79 Å². The molecule has 2 fully saturated rings. The van der Waals surface area contributed by atoms with Crippen LogP contribution in [0.5, 0.6) is 34.5 Å². The third-order valence-corrected chi connectivity index (χ3v) is 12.4. The molecule has 0 radical (unpaired) electrons. The number of aliphatic hydroxyl groups is 1. The van der Waals surface area contributed by atoms with Crippen molar-refractivity contribution < 1.29 is 48.6 Å². The molecule has 14 heteroatoms. The van der Waals surface area contributed by atoms with E-state index in [1.165, 1.54) is 14.0 Å². The molecule has 0 saturated carbocycles. The summed E-state index contributed by atoms with van der Waals surface area (Å²) in [5.41, 5.74) is 4.99. The van der Waals surface area contributed by atoms with Crippen molar-refractivity contribution in [1.29, 1.82) is 0 Å². The number of carbonyl (C=O) groups excluding carboxylic acids is 2. The highest BCUT2D eigenvalue weighted by atomic mass is 16.7. The minimum absolute atomic E-state index is 0.0289. The molecule has 10 rings (SSSR count). The van der Waals surface area contributed by atoms with Crippen LogP contribution in [0, 0.1) is 20.8 Å². The van der Waals surface area contributed by atoms with Gasteiger partial charge in [0.2, 0.25) is 6.79 Å². The fourth-order valence-electron chi connectivity index (χ4n) is 10.1. The van der Waals surface area contributed by atoms with E-state index in [0.29, 0.717) is 75.8 Å². The number of rotatable bonds is 2. The molecule has 2 unspecified atom stereocenters. The van der Waals surface area contributed by atoms with E-state index in [4.69, 9.17) is 23.7 Å². The Balaban J connectivity index is 1.32. The Kier molecular flexibility index (Phi) is 7.71. The van der Waals surface area contributed by atoms with Crippen LogP contribution in [0.3, 0.4) is 0 Å². The van der Waals surface area contributed by atoms with Crippen molar-refractivity contribution in [2.75, 3.05) is 40.6 Å². The molecule has 0 aliphatic carbocycles. The molecule has 14 nitrogen and oxygen atoms in total. The molecule has 0 aromatic heterocycles. The molecule has 5 N–H and O–H groups in total.